The van der Waals surface area contributed by atoms with E-state index in [9.17, 15) is 4.79 Å². The van der Waals surface area contributed by atoms with Gasteiger partial charge in [0.05, 0.1) is 16.5 Å². The highest BCUT2D eigenvalue weighted by Crippen LogP contribution is 2.24. The number of carbonyl (C=O) groups is 1. The van der Waals surface area contributed by atoms with E-state index in [0.29, 0.717) is 17.1 Å². The minimum Gasteiger partial charge on any atom is -0.444 e. The molecule has 4 N–H and O–H groups in total. The van der Waals surface area contributed by atoms with Crippen molar-refractivity contribution in [1.29, 1.82) is 5.41 Å². The van der Waals surface area contributed by atoms with Crippen LogP contribution in [0.25, 0.3) is 0 Å². The average molecular weight is 284 g/mol. The number of ether oxygens (including phenoxy) is 1. The van der Waals surface area contributed by atoms with Gasteiger partial charge in [-0.25, -0.2) is 4.79 Å². The second kappa shape index (κ2) is 5.93. The molecule has 0 saturated heterocycles. The van der Waals surface area contributed by atoms with Gasteiger partial charge in [0.25, 0.3) is 0 Å². The van der Waals surface area contributed by atoms with Crippen LogP contribution in [0.15, 0.2) is 18.2 Å². The molecule has 1 aromatic rings. The second-order valence-electron chi connectivity index (χ2n) is 5.14. The van der Waals surface area contributed by atoms with E-state index >= 15 is 0 Å². The van der Waals surface area contributed by atoms with Gasteiger partial charge in [0, 0.05) is 6.42 Å². The van der Waals surface area contributed by atoms with E-state index < -0.39 is 11.7 Å². The Bertz CT molecular complexity index is 495. The predicted molar refractivity (Wildman–Crippen MR) is 76.9 cm³/mol. The molecule has 0 aliphatic carbocycles. The van der Waals surface area contributed by atoms with Gasteiger partial charge in [-0.15, -0.1) is 0 Å². The van der Waals surface area contributed by atoms with Crippen molar-refractivity contribution in [3.8, 4) is 0 Å². The number of hydrogen-bond donors (Lipinski definition) is 3. The molecule has 0 fully saturated rings. The number of nitrogens with two attached hydrogens (primary N) is 1. The summed E-state index contributed by atoms with van der Waals surface area (Å²) in [5.41, 5.74) is 6.02. The molecular formula is C13H18ClN3O2. The van der Waals surface area contributed by atoms with Gasteiger partial charge < -0.3 is 10.5 Å². The summed E-state index contributed by atoms with van der Waals surface area (Å²) in [6, 6.07) is 5.07. The largest absolute Gasteiger partial charge is 0.444 e. The number of halogens is 1. The predicted octanol–water partition coefficient (Wildman–Crippen LogP) is 3.17. The Labute approximate surface area is 117 Å². The van der Waals surface area contributed by atoms with Gasteiger partial charge in [-0.3, -0.25) is 10.7 Å². The Morgan fingerprint density at radius 2 is 2.11 bits per heavy atom. The van der Waals surface area contributed by atoms with Crippen LogP contribution in [0.1, 0.15) is 26.3 Å². The molecule has 0 unspecified atom stereocenters. The van der Waals surface area contributed by atoms with E-state index in [4.69, 9.17) is 27.5 Å². The molecule has 1 rings (SSSR count). The van der Waals surface area contributed by atoms with Crippen LogP contribution in [0, 0.1) is 5.41 Å². The first-order valence-electron chi connectivity index (χ1n) is 5.79. The maximum atomic E-state index is 11.6. The van der Waals surface area contributed by atoms with E-state index in [-0.39, 0.29) is 5.84 Å². The quantitative estimate of drug-likeness (QED) is 0.588. The van der Waals surface area contributed by atoms with E-state index in [1.54, 1.807) is 39.0 Å². The molecule has 0 saturated carbocycles. The van der Waals surface area contributed by atoms with Crippen LogP contribution < -0.4 is 11.1 Å². The fraction of sp³-hybridized carbons (Fsp3) is 0.385. The Morgan fingerprint density at radius 1 is 1.47 bits per heavy atom. The summed E-state index contributed by atoms with van der Waals surface area (Å²) in [7, 11) is 0. The van der Waals surface area contributed by atoms with Crippen molar-refractivity contribution in [2.45, 2.75) is 32.8 Å². The molecule has 104 valence electrons. The van der Waals surface area contributed by atoms with Crippen molar-refractivity contribution >= 4 is 29.2 Å². The molecule has 0 radical (unpaired) electrons. The van der Waals surface area contributed by atoms with E-state index in [2.05, 4.69) is 5.32 Å². The third-order valence-corrected chi connectivity index (χ3v) is 2.38. The Hall–Kier alpha value is -1.75. The molecule has 0 atom stereocenters. The fourth-order valence-corrected chi connectivity index (χ4v) is 1.65. The lowest BCUT2D eigenvalue weighted by atomic mass is 10.1. The van der Waals surface area contributed by atoms with Gasteiger partial charge in [-0.1, -0.05) is 17.7 Å². The first-order chi connectivity index (χ1) is 8.67. The molecule has 0 aromatic heterocycles. The molecule has 0 aliphatic rings. The number of amidine groups is 1. The number of anilines is 1. The Morgan fingerprint density at radius 3 is 2.58 bits per heavy atom. The summed E-state index contributed by atoms with van der Waals surface area (Å²) >= 11 is 6.05. The van der Waals surface area contributed by atoms with Crippen LogP contribution in [-0.2, 0) is 11.2 Å². The molecule has 0 spiro atoms. The molecule has 19 heavy (non-hydrogen) atoms. The van der Waals surface area contributed by atoms with E-state index in [0.717, 1.165) is 5.56 Å². The maximum Gasteiger partial charge on any atom is 0.412 e. The third-order valence-electron chi connectivity index (χ3n) is 2.06. The van der Waals surface area contributed by atoms with Crippen molar-refractivity contribution in [1.82, 2.24) is 0 Å². The van der Waals surface area contributed by atoms with Gasteiger partial charge in [0.15, 0.2) is 0 Å². The zero-order valence-electron chi connectivity index (χ0n) is 11.2. The van der Waals surface area contributed by atoms with E-state index in [1.165, 1.54) is 0 Å². The van der Waals surface area contributed by atoms with E-state index in [1.807, 2.05) is 0 Å². The minimum absolute atomic E-state index is 0.0592. The van der Waals surface area contributed by atoms with Gasteiger partial charge in [-0.2, -0.15) is 0 Å². The Kier molecular flexibility index (Phi) is 4.78. The van der Waals surface area contributed by atoms with Crippen LogP contribution in [0.2, 0.25) is 5.02 Å². The maximum absolute atomic E-state index is 11.6. The van der Waals surface area contributed by atoms with Gasteiger partial charge in [0.1, 0.15) is 5.60 Å². The molecule has 0 bridgehead atoms. The molecule has 6 heteroatoms. The van der Waals surface area contributed by atoms with Crippen molar-refractivity contribution in [2.24, 2.45) is 5.73 Å². The monoisotopic (exact) mass is 283 g/mol. The summed E-state index contributed by atoms with van der Waals surface area (Å²) in [5, 5.41) is 10.2. The number of amides is 1. The topological polar surface area (TPSA) is 88.2 Å². The van der Waals surface area contributed by atoms with Crippen LogP contribution in [0.3, 0.4) is 0 Å². The Balaban J connectivity index is 2.75. The molecule has 1 aromatic carbocycles. The molecular weight excluding hydrogens is 266 g/mol. The first kappa shape index (κ1) is 15.3. The number of carbonyl (C=O) groups excluding carboxylic acids is 1. The summed E-state index contributed by atoms with van der Waals surface area (Å²) in [6.07, 6.45) is -0.236. The second-order valence-corrected chi connectivity index (χ2v) is 5.55. The molecule has 5 nitrogen and oxygen atoms in total. The number of hydrogen-bond acceptors (Lipinski definition) is 3. The van der Waals surface area contributed by atoms with Crippen LogP contribution in [-0.4, -0.2) is 17.5 Å². The molecule has 1 amide bonds. The minimum atomic E-state index is -0.564. The summed E-state index contributed by atoms with van der Waals surface area (Å²) in [4.78, 5) is 11.6. The molecule has 0 heterocycles. The zero-order valence-corrected chi connectivity index (χ0v) is 12.0. The first-order valence-corrected chi connectivity index (χ1v) is 6.16. The van der Waals surface area contributed by atoms with Crippen molar-refractivity contribution in [3.63, 3.8) is 0 Å². The van der Waals surface area contributed by atoms with Gasteiger partial charge in [-0.05, 0) is 38.5 Å². The lowest BCUT2D eigenvalue weighted by Gasteiger charge is -2.20. The van der Waals surface area contributed by atoms with Crippen molar-refractivity contribution in [2.75, 3.05) is 5.32 Å². The number of benzene rings is 1. The van der Waals surface area contributed by atoms with Gasteiger partial charge in [0.2, 0.25) is 0 Å². The summed E-state index contributed by atoms with van der Waals surface area (Å²) in [5.74, 6) is 0.0592. The van der Waals surface area contributed by atoms with Crippen molar-refractivity contribution in [3.05, 3.63) is 28.8 Å². The number of nitrogens with one attached hydrogen (secondary N) is 2. The standard InChI is InChI=1S/C13H18ClN3O2/c1-13(2,3)19-12(18)17-10-5-4-8(6-9(10)14)7-11(15)16/h4-6H,7H2,1-3H3,(H3,15,16)(H,17,18). The highest BCUT2D eigenvalue weighted by Gasteiger charge is 2.17. The van der Waals surface area contributed by atoms with Crippen LogP contribution >= 0.6 is 11.6 Å². The lowest BCUT2D eigenvalue weighted by molar-refractivity contribution is 0.0636. The normalized spacial score (nSPS) is 10.9. The van der Waals surface area contributed by atoms with Gasteiger partial charge >= 0.3 is 6.09 Å². The highest BCUT2D eigenvalue weighted by molar-refractivity contribution is 6.33. The highest BCUT2D eigenvalue weighted by atomic mass is 35.5. The molecule has 0 aliphatic heterocycles. The van der Waals surface area contributed by atoms with Crippen molar-refractivity contribution < 1.29 is 9.53 Å². The van der Waals surface area contributed by atoms with Crippen LogP contribution in [0.4, 0.5) is 10.5 Å². The van der Waals surface area contributed by atoms with Crippen LogP contribution in [0.5, 0.6) is 0 Å². The fourth-order valence-electron chi connectivity index (χ4n) is 1.40. The zero-order chi connectivity index (χ0) is 14.6. The summed E-state index contributed by atoms with van der Waals surface area (Å²) < 4.78 is 5.13. The SMILES string of the molecule is CC(C)(C)OC(=O)Nc1ccc(CC(=N)N)cc1Cl. The third kappa shape index (κ3) is 5.61. The average Bonchev–Trinajstić information content (AvgIpc) is 2.18. The lowest BCUT2D eigenvalue weighted by Crippen LogP contribution is -2.27. The number of rotatable bonds is 3. The smallest absolute Gasteiger partial charge is 0.412 e. The summed E-state index contributed by atoms with van der Waals surface area (Å²) in [6.45, 7) is 5.35.